The fourth-order valence-corrected chi connectivity index (χ4v) is 2.19. The Kier molecular flexibility index (Phi) is 4.01. The van der Waals surface area contributed by atoms with Gasteiger partial charge in [0.2, 0.25) is 11.8 Å². The summed E-state index contributed by atoms with van der Waals surface area (Å²) < 4.78 is 12.5. The van der Waals surface area contributed by atoms with Gasteiger partial charge in [0.1, 0.15) is 11.9 Å². The maximum absolute atomic E-state index is 12.3. The van der Waals surface area contributed by atoms with Gasteiger partial charge in [0, 0.05) is 31.3 Å². The van der Waals surface area contributed by atoms with Crippen LogP contribution in [0.3, 0.4) is 0 Å². The van der Waals surface area contributed by atoms with E-state index in [2.05, 4.69) is 20.4 Å². The quantitative estimate of drug-likeness (QED) is 0.904. The lowest BCUT2D eigenvalue weighted by Crippen LogP contribution is -2.18. The molecule has 8 nitrogen and oxygen atoms in total. The maximum atomic E-state index is 12.3. The third-order valence-corrected chi connectivity index (χ3v) is 3.27. The number of hydrogen-bond acceptors (Lipinski definition) is 6. The molecule has 1 aliphatic heterocycles. The number of hydrogen-bond donors (Lipinski definition) is 1. The number of pyridine rings is 1. The van der Waals surface area contributed by atoms with Gasteiger partial charge in [-0.2, -0.15) is 10.1 Å². The van der Waals surface area contributed by atoms with Gasteiger partial charge in [0.15, 0.2) is 0 Å². The molecule has 1 unspecified atom stereocenters. The van der Waals surface area contributed by atoms with E-state index in [9.17, 15) is 4.79 Å². The fourth-order valence-electron chi connectivity index (χ4n) is 2.19. The first-order valence-corrected chi connectivity index (χ1v) is 7.01. The zero-order valence-electron chi connectivity index (χ0n) is 12.4. The van der Waals surface area contributed by atoms with Crippen LogP contribution in [-0.4, -0.2) is 45.0 Å². The van der Waals surface area contributed by atoms with E-state index in [1.165, 1.54) is 4.68 Å². The van der Waals surface area contributed by atoms with E-state index in [1.54, 1.807) is 32.3 Å². The van der Waals surface area contributed by atoms with Crippen LogP contribution >= 0.6 is 0 Å². The van der Waals surface area contributed by atoms with Crippen molar-refractivity contribution in [3.8, 4) is 5.88 Å². The van der Waals surface area contributed by atoms with Crippen molar-refractivity contribution in [3.63, 3.8) is 0 Å². The summed E-state index contributed by atoms with van der Waals surface area (Å²) in [6, 6.07) is 3.23. The number of amides is 1. The van der Waals surface area contributed by atoms with E-state index >= 15 is 0 Å². The zero-order valence-corrected chi connectivity index (χ0v) is 12.4. The number of nitrogens with zero attached hydrogens (tertiary/aromatic N) is 4. The maximum Gasteiger partial charge on any atom is 0.258 e. The summed E-state index contributed by atoms with van der Waals surface area (Å²) in [4.78, 5) is 20.5. The molecular weight excluding hydrogens is 286 g/mol. The van der Waals surface area contributed by atoms with Crippen molar-refractivity contribution in [1.82, 2.24) is 19.7 Å². The highest BCUT2D eigenvalue weighted by atomic mass is 16.5. The first-order valence-electron chi connectivity index (χ1n) is 7.01. The Hall–Kier alpha value is -2.48. The van der Waals surface area contributed by atoms with Gasteiger partial charge < -0.3 is 9.47 Å². The van der Waals surface area contributed by atoms with E-state index < -0.39 is 0 Å². The molecule has 1 saturated heterocycles. The second-order valence-electron chi connectivity index (χ2n) is 5.05. The van der Waals surface area contributed by atoms with Crippen LogP contribution < -0.4 is 10.1 Å². The van der Waals surface area contributed by atoms with Crippen LogP contribution in [0.4, 0.5) is 5.95 Å². The van der Waals surface area contributed by atoms with E-state index in [0.717, 1.165) is 6.42 Å². The Bertz CT molecular complexity index is 679. The lowest BCUT2D eigenvalue weighted by molar-refractivity contribution is 0.102. The van der Waals surface area contributed by atoms with Crippen LogP contribution in [0.15, 0.2) is 18.3 Å². The summed E-state index contributed by atoms with van der Waals surface area (Å²) >= 11 is 0. The third kappa shape index (κ3) is 3.22. The van der Waals surface area contributed by atoms with Gasteiger partial charge in [-0.25, -0.2) is 9.67 Å². The molecule has 0 radical (unpaired) electrons. The van der Waals surface area contributed by atoms with Crippen molar-refractivity contribution >= 4 is 11.9 Å². The SMILES string of the molecule is Cc1nc(NC(=O)c2ccnc(OC3CCOC3)c2)n(C)n1. The minimum absolute atomic E-state index is 0.00722. The topological polar surface area (TPSA) is 91.2 Å². The number of aromatic nitrogens is 4. The molecule has 1 N–H and O–H groups in total. The molecule has 1 fully saturated rings. The Balaban J connectivity index is 1.70. The van der Waals surface area contributed by atoms with Gasteiger partial charge in [-0.05, 0) is 13.0 Å². The fraction of sp³-hybridized carbons (Fsp3) is 0.429. The Labute approximate surface area is 127 Å². The predicted octanol–water partition coefficient (Wildman–Crippen LogP) is 0.939. The Morgan fingerprint density at radius 3 is 3.09 bits per heavy atom. The monoisotopic (exact) mass is 303 g/mol. The summed E-state index contributed by atoms with van der Waals surface area (Å²) in [5.41, 5.74) is 0.449. The molecule has 22 heavy (non-hydrogen) atoms. The zero-order chi connectivity index (χ0) is 15.5. The summed E-state index contributed by atoms with van der Waals surface area (Å²) in [5, 5.41) is 6.79. The first kappa shape index (κ1) is 14.5. The van der Waals surface area contributed by atoms with Crippen molar-refractivity contribution < 1.29 is 14.3 Å². The molecule has 1 aliphatic rings. The minimum Gasteiger partial charge on any atom is -0.472 e. The van der Waals surface area contributed by atoms with Crippen molar-refractivity contribution in [1.29, 1.82) is 0 Å². The van der Waals surface area contributed by atoms with Crippen LogP contribution in [0.2, 0.25) is 0 Å². The normalized spacial score (nSPS) is 17.5. The van der Waals surface area contributed by atoms with Gasteiger partial charge in [0.05, 0.1) is 13.2 Å². The van der Waals surface area contributed by atoms with Crippen LogP contribution in [0, 0.1) is 6.92 Å². The van der Waals surface area contributed by atoms with Crippen LogP contribution in [0.1, 0.15) is 22.6 Å². The third-order valence-electron chi connectivity index (χ3n) is 3.27. The number of aryl methyl sites for hydroxylation is 2. The average molecular weight is 303 g/mol. The van der Waals surface area contributed by atoms with Gasteiger partial charge in [-0.15, -0.1) is 0 Å². The molecule has 0 saturated carbocycles. The van der Waals surface area contributed by atoms with Crippen molar-refractivity contribution in [2.45, 2.75) is 19.4 Å². The molecule has 2 aromatic rings. The molecule has 2 aromatic heterocycles. The molecule has 116 valence electrons. The second-order valence-corrected chi connectivity index (χ2v) is 5.05. The molecule has 0 aliphatic carbocycles. The van der Waals surface area contributed by atoms with Crippen molar-refractivity contribution in [2.75, 3.05) is 18.5 Å². The van der Waals surface area contributed by atoms with E-state index in [1.807, 2.05) is 0 Å². The van der Waals surface area contributed by atoms with E-state index in [0.29, 0.717) is 36.4 Å². The van der Waals surface area contributed by atoms with E-state index in [4.69, 9.17) is 9.47 Å². The largest absolute Gasteiger partial charge is 0.472 e. The lowest BCUT2D eigenvalue weighted by atomic mass is 10.2. The number of nitrogens with one attached hydrogen (secondary N) is 1. The average Bonchev–Trinajstić information content (AvgIpc) is 3.09. The molecule has 1 atom stereocenters. The predicted molar refractivity (Wildman–Crippen MR) is 77.8 cm³/mol. The molecule has 0 bridgehead atoms. The second kappa shape index (κ2) is 6.10. The summed E-state index contributed by atoms with van der Waals surface area (Å²) in [5.74, 6) is 1.12. The Morgan fingerprint density at radius 2 is 2.41 bits per heavy atom. The van der Waals surface area contributed by atoms with Gasteiger partial charge in [-0.1, -0.05) is 0 Å². The summed E-state index contributed by atoms with van der Waals surface area (Å²) in [7, 11) is 1.72. The molecule has 3 heterocycles. The van der Waals surface area contributed by atoms with Gasteiger partial charge >= 0.3 is 0 Å². The molecule has 0 aromatic carbocycles. The number of carbonyl (C=O) groups excluding carboxylic acids is 1. The van der Waals surface area contributed by atoms with E-state index in [-0.39, 0.29) is 12.0 Å². The molecule has 8 heteroatoms. The smallest absolute Gasteiger partial charge is 0.258 e. The number of rotatable bonds is 4. The number of carbonyl (C=O) groups is 1. The van der Waals surface area contributed by atoms with Gasteiger partial charge in [0.25, 0.3) is 5.91 Å². The summed E-state index contributed by atoms with van der Waals surface area (Å²) in [6.07, 6.45) is 2.37. The number of ether oxygens (including phenoxy) is 2. The highest BCUT2D eigenvalue weighted by Gasteiger charge is 2.18. The van der Waals surface area contributed by atoms with Crippen molar-refractivity contribution in [3.05, 3.63) is 29.7 Å². The van der Waals surface area contributed by atoms with Crippen molar-refractivity contribution in [2.24, 2.45) is 7.05 Å². The highest BCUT2D eigenvalue weighted by Crippen LogP contribution is 2.16. The molecule has 3 rings (SSSR count). The molecule has 0 spiro atoms. The summed E-state index contributed by atoms with van der Waals surface area (Å²) in [6.45, 7) is 3.00. The first-order chi connectivity index (χ1) is 10.6. The molecular formula is C14H17N5O3. The van der Waals surface area contributed by atoms with Crippen LogP contribution in [-0.2, 0) is 11.8 Å². The minimum atomic E-state index is -0.287. The standard InChI is InChI=1S/C14H17N5O3/c1-9-16-14(19(2)18-9)17-13(20)10-3-5-15-12(7-10)22-11-4-6-21-8-11/h3,5,7,11H,4,6,8H2,1-2H3,(H,16,17,18,20). The lowest BCUT2D eigenvalue weighted by Gasteiger charge is -2.11. The van der Waals surface area contributed by atoms with Crippen LogP contribution in [0.25, 0.3) is 0 Å². The highest BCUT2D eigenvalue weighted by molar-refractivity contribution is 6.03. The number of anilines is 1. The Morgan fingerprint density at radius 1 is 1.55 bits per heavy atom. The molecule has 1 amide bonds. The van der Waals surface area contributed by atoms with Crippen LogP contribution in [0.5, 0.6) is 5.88 Å². The van der Waals surface area contributed by atoms with Gasteiger partial charge in [-0.3, -0.25) is 10.1 Å².